The van der Waals surface area contributed by atoms with E-state index in [2.05, 4.69) is 64.7 Å². The van der Waals surface area contributed by atoms with E-state index in [0.717, 1.165) is 10.9 Å². The molecule has 0 bridgehead atoms. The van der Waals surface area contributed by atoms with Crippen molar-refractivity contribution in [3.05, 3.63) is 28.4 Å². The second-order valence-corrected chi connectivity index (χ2v) is 4.92. The molecule has 0 unspecified atom stereocenters. The standard InChI is InChI=1S/C12H15BrN2/c1-4-11-10-6-5-9(13)7-12(10)15(14-11)8(2)3/h5-8H,4H2,1-3H3. The zero-order valence-corrected chi connectivity index (χ0v) is 10.9. The molecule has 1 heterocycles. The van der Waals surface area contributed by atoms with Gasteiger partial charge in [-0.25, -0.2) is 0 Å². The first-order valence-electron chi connectivity index (χ1n) is 5.30. The molecule has 2 nitrogen and oxygen atoms in total. The lowest BCUT2D eigenvalue weighted by molar-refractivity contribution is 0.544. The number of aryl methyl sites for hydroxylation is 1. The highest BCUT2D eigenvalue weighted by Crippen LogP contribution is 2.25. The Kier molecular flexibility index (Phi) is 2.83. The van der Waals surface area contributed by atoms with E-state index < -0.39 is 0 Å². The van der Waals surface area contributed by atoms with Gasteiger partial charge in [-0.3, -0.25) is 4.68 Å². The molecule has 0 aliphatic carbocycles. The van der Waals surface area contributed by atoms with Crippen molar-refractivity contribution < 1.29 is 0 Å². The van der Waals surface area contributed by atoms with E-state index in [1.54, 1.807) is 0 Å². The molecule has 3 heteroatoms. The van der Waals surface area contributed by atoms with E-state index in [0.29, 0.717) is 6.04 Å². The van der Waals surface area contributed by atoms with Crippen LogP contribution in [-0.2, 0) is 6.42 Å². The molecule has 0 aliphatic rings. The largest absolute Gasteiger partial charge is 0.262 e. The lowest BCUT2D eigenvalue weighted by Gasteiger charge is -2.06. The molecule has 0 atom stereocenters. The molecular formula is C12H15BrN2. The molecule has 2 aromatic rings. The lowest BCUT2D eigenvalue weighted by Crippen LogP contribution is -2.02. The number of halogens is 1. The number of nitrogens with zero attached hydrogens (tertiary/aromatic N) is 2. The van der Waals surface area contributed by atoms with Crippen molar-refractivity contribution in [2.24, 2.45) is 0 Å². The Morgan fingerprint density at radius 3 is 2.73 bits per heavy atom. The molecule has 15 heavy (non-hydrogen) atoms. The molecule has 0 amide bonds. The summed E-state index contributed by atoms with van der Waals surface area (Å²) in [5, 5.41) is 5.92. The van der Waals surface area contributed by atoms with Crippen LogP contribution in [0.3, 0.4) is 0 Å². The van der Waals surface area contributed by atoms with Gasteiger partial charge in [-0.2, -0.15) is 5.10 Å². The average Bonchev–Trinajstić information content (AvgIpc) is 2.55. The topological polar surface area (TPSA) is 17.8 Å². The quantitative estimate of drug-likeness (QED) is 0.805. The van der Waals surface area contributed by atoms with Crippen LogP contribution < -0.4 is 0 Å². The van der Waals surface area contributed by atoms with Crippen LogP contribution in [0.2, 0.25) is 0 Å². The van der Waals surface area contributed by atoms with Crippen molar-refractivity contribution in [3.8, 4) is 0 Å². The van der Waals surface area contributed by atoms with Gasteiger partial charge in [-0.15, -0.1) is 0 Å². The summed E-state index contributed by atoms with van der Waals surface area (Å²) in [7, 11) is 0. The normalized spacial score (nSPS) is 11.5. The van der Waals surface area contributed by atoms with Crippen LogP contribution in [0.4, 0.5) is 0 Å². The van der Waals surface area contributed by atoms with E-state index in [1.165, 1.54) is 16.6 Å². The Morgan fingerprint density at radius 2 is 2.13 bits per heavy atom. The maximum atomic E-state index is 4.64. The van der Waals surface area contributed by atoms with Crippen LogP contribution in [0.15, 0.2) is 22.7 Å². The summed E-state index contributed by atoms with van der Waals surface area (Å²) in [6, 6.07) is 6.77. The van der Waals surface area contributed by atoms with Gasteiger partial charge < -0.3 is 0 Å². The Morgan fingerprint density at radius 1 is 1.40 bits per heavy atom. The molecule has 0 spiro atoms. The van der Waals surface area contributed by atoms with Crippen molar-refractivity contribution in [2.45, 2.75) is 33.2 Å². The summed E-state index contributed by atoms with van der Waals surface area (Å²) in [4.78, 5) is 0. The fraction of sp³-hybridized carbons (Fsp3) is 0.417. The number of aromatic nitrogens is 2. The van der Waals surface area contributed by atoms with Crippen LogP contribution >= 0.6 is 15.9 Å². The van der Waals surface area contributed by atoms with Crippen LogP contribution in [0.25, 0.3) is 10.9 Å². The molecule has 0 radical (unpaired) electrons. The van der Waals surface area contributed by atoms with Gasteiger partial charge in [0.25, 0.3) is 0 Å². The highest BCUT2D eigenvalue weighted by molar-refractivity contribution is 9.10. The molecule has 0 fully saturated rings. The minimum atomic E-state index is 0.405. The predicted octanol–water partition coefficient (Wildman–Crippen LogP) is 3.94. The van der Waals surface area contributed by atoms with Gasteiger partial charge in [0.05, 0.1) is 11.2 Å². The number of hydrogen-bond donors (Lipinski definition) is 0. The van der Waals surface area contributed by atoms with Gasteiger partial charge in [0.15, 0.2) is 0 Å². The summed E-state index contributed by atoms with van der Waals surface area (Å²) in [6.07, 6.45) is 0.984. The smallest absolute Gasteiger partial charge is 0.0700 e. The van der Waals surface area contributed by atoms with E-state index in [9.17, 15) is 0 Å². The van der Waals surface area contributed by atoms with Crippen molar-refractivity contribution in [1.29, 1.82) is 0 Å². The van der Waals surface area contributed by atoms with E-state index >= 15 is 0 Å². The fourth-order valence-corrected chi connectivity index (χ4v) is 2.18. The Labute approximate surface area is 98.4 Å². The number of hydrogen-bond acceptors (Lipinski definition) is 1. The fourth-order valence-electron chi connectivity index (χ4n) is 1.83. The van der Waals surface area contributed by atoms with Gasteiger partial charge in [-0.05, 0) is 38.5 Å². The second-order valence-electron chi connectivity index (χ2n) is 4.00. The number of benzene rings is 1. The monoisotopic (exact) mass is 266 g/mol. The third-order valence-electron chi connectivity index (χ3n) is 2.57. The second kappa shape index (κ2) is 3.97. The van der Waals surface area contributed by atoms with Crippen LogP contribution in [0.1, 0.15) is 32.5 Å². The van der Waals surface area contributed by atoms with E-state index in [4.69, 9.17) is 0 Å². The van der Waals surface area contributed by atoms with Crippen molar-refractivity contribution in [3.63, 3.8) is 0 Å². The summed E-state index contributed by atoms with van der Waals surface area (Å²) in [5.74, 6) is 0. The molecule has 1 aromatic heterocycles. The summed E-state index contributed by atoms with van der Waals surface area (Å²) < 4.78 is 3.21. The molecule has 0 saturated heterocycles. The van der Waals surface area contributed by atoms with E-state index in [1.807, 2.05) is 0 Å². The maximum absolute atomic E-state index is 4.64. The molecular weight excluding hydrogens is 252 g/mol. The first-order valence-corrected chi connectivity index (χ1v) is 6.09. The summed E-state index contributed by atoms with van der Waals surface area (Å²) >= 11 is 3.51. The van der Waals surface area contributed by atoms with Gasteiger partial charge in [0, 0.05) is 15.9 Å². The first kappa shape index (κ1) is 10.7. The lowest BCUT2D eigenvalue weighted by atomic mass is 10.2. The molecule has 1 aromatic carbocycles. The maximum Gasteiger partial charge on any atom is 0.0700 e. The summed E-state index contributed by atoms with van der Waals surface area (Å²) in [6.45, 7) is 6.47. The van der Waals surface area contributed by atoms with Crippen LogP contribution in [0, 0.1) is 0 Å². The molecule has 80 valence electrons. The van der Waals surface area contributed by atoms with Crippen molar-refractivity contribution >= 4 is 26.8 Å². The zero-order valence-electron chi connectivity index (χ0n) is 9.29. The Bertz CT molecular complexity index is 486. The average molecular weight is 267 g/mol. The van der Waals surface area contributed by atoms with Gasteiger partial charge in [0.1, 0.15) is 0 Å². The molecule has 0 N–H and O–H groups in total. The molecule has 0 saturated carbocycles. The van der Waals surface area contributed by atoms with Crippen molar-refractivity contribution in [1.82, 2.24) is 9.78 Å². The van der Waals surface area contributed by atoms with Crippen molar-refractivity contribution in [2.75, 3.05) is 0 Å². The summed E-state index contributed by atoms with van der Waals surface area (Å²) in [5.41, 5.74) is 2.41. The number of rotatable bonds is 2. The SMILES string of the molecule is CCc1nn(C(C)C)c2cc(Br)ccc12. The Balaban J connectivity index is 2.76. The molecule has 2 rings (SSSR count). The zero-order chi connectivity index (χ0) is 11.0. The van der Waals surface area contributed by atoms with Gasteiger partial charge in [-0.1, -0.05) is 22.9 Å². The molecule has 0 aliphatic heterocycles. The number of fused-ring (bicyclic) bond motifs is 1. The third-order valence-corrected chi connectivity index (χ3v) is 3.06. The van der Waals surface area contributed by atoms with Crippen LogP contribution in [0.5, 0.6) is 0 Å². The predicted molar refractivity (Wildman–Crippen MR) is 67.2 cm³/mol. The minimum Gasteiger partial charge on any atom is -0.262 e. The van der Waals surface area contributed by atoms with Crippen LogP contribution in [-0.4, -0.2) is 9.78 Å². The highest BCUT2D eigenvalue weighted by Gasteiger charge is 2.11. The van der Waals surface area contributed by atoms with Gasteiger partial charge >= 0.3 is 0 Å². The Hall–Kier alpha value is -0.830. The highest BCUT2D eigenvalue weighted by atomic mass is 79.9. The van der Waals surface area contributed by atoms with Gasteiger partial charge in [0.2, 0.25) is 0 Å². The first-order chi connectivity index (χ1) is 7.13. The minimum absolute atomic E-state index is 0.405. The van der Waals surface area contributed by atoms with E-state index in [-0.39, 0.29) is 0 Å². The third kappa shape index (κ3) is 1.81.